The van der Waals surface area contributed by atoms with Gasteiger partial charge in [0, 0.05) is 17.3 Å². The van der Waals surface area contributed by atoms with Gasteiger partial charge in [0.1, 0.15) is 11.7 Å². The molecule has 1 fully saturated rings. The van der Waals surface area contributed by atoms with Gasteiger partial charge in [0.2, 0.25) is 0 Å². The highest BCUT2D eigenvalue weighted by atomic mass is 16.5. The van der Waals surface area contributed by atoms with E-state index in [9.17, 15) is 4.79 Å². The molecule has 27 heavy (non-hydrogen) atoms. The van der Waals surface area contributed by atoms with Crippen LogP contribution in [0.2, 0.25) is 0 Å². The Bertz CT molecular complexity index is 992. The minimum absolute atomic E-state index is 0.0574. The lowest BCUT2D eigenvalue weighted by Crippen LogP contribution is -2.11. The van der Waals surface area contributed by atoms with Crippen LogP contribution in [0.25, 0.3) is 10.9 Å². The molecule has 138 valence electrons. The van der Waals surface area contributed by atoms with Crippen LogP contribution in [0.15, 0.2) is 48.7 Å². The molecule has 4 rings (SSSR count). The van der Waals surface area contributed by atoms with Gasteiger partial charge in [0.25, 0.3) is 0 Å². The summed E-state index contributed by atoms with van der Waals surface area (Å²) in [5.74, 6) is 0.0815. The predicted molar refractivity (Wildman–Crippen MR) is 109 cm³/mol. The van der Waals surface area contributed by atoms with Crippen LogP contribution in [-0.4, -0.2) is 17.1 Å². The molecule has 0 spiro atoms. The zero-order valence-electron chi connectivity index (χ0n) is 16.0. The molecule has 0 unspecified atom stereocenters. The van der Waals surface area contributed by atoms with Gasteiger partial charge >= 0.3 is 5.97 Å². The van der Waals surface area contributed by atoms with Crippen LogP contribution in [0.5, 0.6) is 0 Å². The van der Waals surface area contributed by atoms with Crippen molar-refractivity contribution >= 4 is 28.2 Å². The molecule has 0 saturated heterocycles. The summed E-state index contributed by atoms with van der Waals surface area (Å²) >= 11 is 0. The number of ether oxygens (including phenoxy) is 1. The number of anilines is 2. The third-order valence-corrected chi connectivity index (χ3v) is 4.94. The summed E-state index contributed by atoms with van der Waals surface area (Å²) < 4.78 is 5.56. The smallest absolute Gasteiger partial charge is 0.342 e. The molecular formula is C23H24N2O2. The lowest BCUT2D eigenvalue weighted by molar-refractivity contribution is 0.0473. The Morgan fingerprint density at radius 1 is 1.19 bits per heavy atom. The number of hydrogen-bond acceptors (Lipinski definition) is 4. The number of aromatic nitrogens is 1. The van der Waals surface area contributed by atoms with Crippen LogP contribution < -0.4 is 5.32 Å². The molecule has 4 nitrogen and oxygen atoms in total. The van der Waals surface area contributed by atoms with Crippen molar-refractivity contribution in [2.45, 2.75) is 45.6 Å². The van der Waals surface area contributed by atoms with E-state index in [4.69, 9.17) is 4.74 Å². The van der Waals surface area contributed by atoms with Crippen molar-refractivity contribution < 1.29 is 9.53 Å². The number of hydrogen-bond donors (Lipinski definition) is 1. The fourth-order valence-electron chi connectivity index (χ4n) is 3.34. The van der Waals surface area contributed by atoms with Crippen molar-refractivity contribution in [3.05, 3.63) is 65.4 Å². The number of nitrogens with zero attached hydrogens (tertiary/aromatic N) is 1. The molecule has 0 radical (unpaired) electrons. The molecule has 3 aromatic rings. The van der Waals surface area contributed by atoms with Crippen LogP contribution in [0, 0.1) is 6.92 Å². The minimum atomic E-state index is -0.308. The number of benzene rings is 2. The molecule has 0 bridgehead atoms. The van der Waals surface area contributed by atoms with E-state index in [0.29, 0.717) is 11.5 Å². The number of rotatable bonds is 5. The van der Waals surface area contributed by atoms with E-state index in [1.165, 1.54) is 11.1 Å². The summed E-state index contributed by atoms with van der Waals surface area (Å²) in [5.41, 5.74) is 5.52. The second-order valence-corrected chi connectivity index (χ2v) is 7.52. The maximum absolute atomic E-state index is 12.7. The average molecular weight is 360 g/mol. The normalized spacial score (nSPS) is 13.8. The molecular weight excluding hydrogens is 336 g/mol. The maximum atomic E-state index is 12.7. The van der Waals surface area contributed by atoms with Gasteiger partial charge in [-0.1, -0.05) is 32.0 Å². The number of esters is 1. The standard InChI is InChI=1S/C23H24N2O2/c1-14(2)18-12-19-21(11-15(18)3)24-13-20(23(26)27-17-9-10-17)22(19)25-16-7-5-4-6-8-16/h4-8,11-14,17H,9-10H2,1-3H3,(H,24,25). The predicted octanol–water partition coefficient (Wildman–Crippen LogP) is 5.73. The molecule has 2 aromatic carbocycles. The monoisotopic (exact) mass is 360 g/mol. The third kappa shape index (κ3) is 3.65. The zero-order chi connectivity index (χ0) is 19.0. The summed E-state index contributed by atoms with van der Waals surface area (Å²) in [6.45, 7) is 6.46. The van der Waals surface area contributed by atoms with Crippen molar-refractivity contribution in [1.82, 2.24) is 4.98 Å². The van der Waals surface area contributed by atoms with E-state index in [2.05, 4.69) is 43.2 Å². The van der Waals surface area contributed by atoms with Gasteiger partial charge in [-0.3, -0.25) is 4.98 Å². The molecule has 1 aliphatic rings. The zero-order valence-corrected chi connectivity index (χ0v) is 16.0. The van der Waals surface area contributed by atoms with Crippen molar-refractivity contribution in [3.8, 4) is 0 Å². The second-order valence-electron chi connectivity index (χ2n) is 7.52. The maximum Gasteiger partial charge on any atom is 0.342 e. The Labute approximate surface area is 159 Å². The van der Waals surface area contributed by atoms with Crippen molar-refractivity contribution in [3.63, 3.8) is 0 Å². The first kappa shape index (κ1) is 17.5. The fraction of sp³-hybridized carbons (Fsp3) is 0.304. The highest BCUT2D eigenvalue weighted by Gasteiger charge is 2.28. The van der Waals surface area contributed by atoms with Crippen molar-refractivity contribution in [1.29, 1.82) is 0 Å². The lowest BCUT2D eigenvalue weighted by Gasteiger charge is -2.17. The highest BCUT2D eigenvalue weighted by molar-refractivity contribution is 6.06. The van der Waals surface area contributed by atoms with E-state index in [-0.39, 0.29) is 12.1 Å². The molecule has 0 aliphatic heterocycles. The van der Waals surface area contributed by atoms with Crippen LogP contribution in [-0.2, 0) is 4.74 Å². The minimum Gasteiger partial charge on any atom is -0.459 e. The van der Waals surface area contributed by atoms with E-state index >= 15 is 0 Å². The van der Waals surface area contributed by atoms with E-state index in [1.807, 2.05) is 30.3 Å². The summed E-state index contributed by atoms with van der Waals surface area (Å²) in [4.78, 5) is 17.3. The Morgan fingerprint density at radius 3 is 2.59 bits per heavy atom. The SMILES string of the molecule is Cc1cc2ncc(C(=O)OC3CC3)c(Nc3ccccc3)c2cc1C(C)C. The first-order valence-corrected chi connectivity index (χ1v) is 9.49. The highest BCUT2D eigenvalue weighted by Crippen LogP contribution is 2.34. The summed E-state index contributed by atoms with van der Waals surface area (Å²) in [6.07, 6.45) is 3.59. The number of nitrogens with one attached hydrogen (secondary N) is 1. The van der Waals surface area contributed by atoms with Gasteiger partial charge in [-0.25, -0.2) is 4.79 Å². The van der Waals surface area contributed by atoms with Gasteiger partial charge in [0.15, 0.2) is 0 Å². The largest absolute Gasteiger partial charge is 0.459 e. The fourth-order valence-corrected chi connectivity index (χ4v) is 3.34. The Balaban J connectivity index is 1.88. The molecule has 0 atom stereocenters. The molecule has 0 amide bonds. The Morgan fingerprint density at radius 2 is 1.93 bits per heavy atom. The van der Waals surface area contributed by atoms with Gasteiger partial charge in [-0.2, -0.15) is 0 Å². The Kier molecular flexibility index (Phi) is 4.56. The second kappa shape index (κ2) is 7.03. The van der Waals surface area contributed by atoms with Crippen LogP contribution in [0.3, 0.4) is 0 Å². The topological polar surface area (TPSA) is 51.2 Å². The van der Waals surface area contributed by atoms with E-state index < -0.39 is 0 Å². The summed E-state index contributed by atoms with van der Waals surface area (Å²) in [7, 11) is 0. The molecule has 4 heteroatoms. The number of carbonyl (C=O) groups excluding carboxylic acids is 1. The number of carbonyl (C=O) groups is 1. The first-order chi connectivity index (χ1) is 13.0. The molecule has 1 saturated carbocycles. The summed E-state index contributed by atoms with van der Waals surface area (Å²) in [6, 6.07) is 14.1. The third-order valence-electron chi connectivity index (χ3n) is 4.94. The van der Waals surface area contributed by atoms with Gasteiger partial charge in [-0.15, -0.1) is 0 Å². The number of fused-ring (bicyclic) bond motifs is 1. The quantitative estimate of drug-likeness (QED) is 0.590. The number of aryl methyl sites for hydroxylation is 1. The van der Waals surface area contributed by atoms with Crippen molar-refractivity contribution in [2.75, 3.05) is 5.32 Å². The van der Waals surface area contributed by atoms with Gasteiger partial charge < -0.3 is 10.1 Å². The van der Waals surface area contributed by atoms with Crippen LogP contribution >= 0.6 is 0 Å². The van der Waals surface area contributed by atoms with Crippen LogP contribution in [0.1, 0.15) is 54.1 Å². The molecule has 1 heterocycles. The van der Waals surface area contributed by atoms with Gasteiger partial charge in [0.05, 0.1) is 11.2 Å². The molecule has 1 N–H and O–H groups in total. The van der Waals surface area contributed by atoms with E-state index in [1.54, 1.807) is 6.20 Å². The Hall–Kier alpha value is -2.88. The van der Waals surface area contributed by atoms with Crippen LogP contribution in [0.4, 0.5) is 11.4 Å². The molecule has 1 aromatic heterocycles. The first-order valence-electron chi connectivity index (χ1n) is 9.49. The number of pyridine rings is 1. The number of para-hydroxylation sites is 1. The molecule has 1 aliphatic carbocycles. The lowest BCUT2D eigenvalue weighted by atomic mass is 9.94. The average Bonchev–Trinajstić information content (AvgIpc) is 3.46. The van der Waals surface area contributed by atoms with E-state index in [0.717, 1.165) is 35.1 Å². The van der Waals surface area contributed by atoms with Gasteiger partial charge in [-0.05, 0) is 61.1 Å². The van der Waals surface area contributed by atoms with Crippen molar-refractivity contribution in [2.24, 2.45) is 0 Å². The summed E-state index contributed by atoms with van der Waals surface area (Å²) in [5, 5.41) is 4.38.